The third kappa shape index (κ3) is 3.57. The molecule has 136 valence electrons. The van der Waals surface area contributed by atoms with E-state index in [4.69, 9.17) is 14.0 Å². The van der Waals surface area contributed by atoms with Crippen LogP contribution in [0, 0.1) is 0 Å². The first-order valence-electron chi connectivity index (χ1n) is 7.28. The van der Waals surface area contributed by atoms with Gasteiger partial charge in [0.05, 0.1) is 12.9 Å². The fraction of sp³-hybridized carbons (Fsp3) is 0.462. The summed E-state index contributed by atoms with van der Waals surface area (Å²) in [7, 11) is -2.57. The number of imidazole rings is 1. The predicted octanol–water partition coefficient (Wildman–Crippen LogP) is 0.502. The Morgan fingerprint density at radius 3 is 2.96 bits per heavy atom. The summed E-state index contributed by atoms with van der Waals surface area (Å²) in [5.41, 5.74) is 0.632. The van der Waals surface area contributed by atoms with Gasteiger partial charge in [-0.2, -0.15) is 4.98 Å². The van der Waals surface area contributed by atoms with Crippen molar-refractivity contribution in [2.24, 2.45) is 0 Å². The van der Waals surface area contributed by atoms with Crippen LogP contribution in [0.2, 0.25) is 0 Å². The molecule has 0 bridgehead atoms. The standard InChI is InChI=1S/C13H16FN4O5PS/c1-2-3-21-12-9-11(15-5-16-12)18(6-17-9)13-8(14)10(23-24(20)25)7(4-19)22-13/h2,5-8,10,13,19,24H,1,3-4H2,(H,20,25)/t7-,8-,10-,13-/m1/s1. The van der Waals surface area contributed by atoms with Crippen molar-refractivity contribution in [2.75, 3.05) is 13.2 Å². The predicted molar refractivity (Wildman–Crippen MR) is 89.7 cm³/mol. The van der Waals surface area contributed by atoms with Crippen molar-refractivity contribution in [2.45, 2.75) is 24.6 Å². The second-order valence-electron chi connectivity index (χ2n) is 5.14. The van der Waals surface area contributed by atoms with Crippen LogP contribution in [0.5, 0.6) is 5.88 Å². The second kappa shape index (κ2) is 7.81. The smallest absolute Gasteiger partial charge is 0.245 e. The zero-order valence-corrected chi connectivity index (χ0v) is 14.7. The maximum Gasteiger partial charge on any atom is 0.245 e. The maximum absolute atomic E-state index is 14.8. The Labute approximate surface area is 147 Å². The maximum atomic E-state index is 14.8. The van der Waals surface area contributed by atoms with Gasteiger partial charge in [-0.05, 0) is 11.8 Å². The number of aromatic nitrogens is 4. The number of rotatable bonds is 7. The summed E-state index contributed by atoms with van der Waals surface area (Å²) in [6.45, 7) is 3.30. The van der Waals surface area contributed by atoms with Crippen molar-refractivity contribution >= 4 is 30.1 Å². The minimum Gasteiger partial charge on any atom is -0.472 e. The van der Waals surface area contributed by atoms with Crippen LogP contribution in [0.25, 0.3) is 11.2 Å². The van der Waals surface area contributed by atoms with Gasteiger partial charge in [0.2, 0.25) is 5.88 Å². The number of hydrogen-bond donors (Lipinski definition) is 2. The number of hydrogen-bond acceptors (Lipinski definition) is 8. The van der Waals surface area contributed by atoms with E-state index in [1.54, 1.807) is 6.08 Å². The summed E-state index contributed by atoms with van der Waals surface area (Å²) in [5, 5.41) is 9.38. The molecule has 2 aromatic heterocycles. The lowest BCUT2D eigenvalue weighted by molar-refractivity contribution is -0.0430. The van der Waals surface area contributed by atoms with Gasteiger partial charge in [0.25, 0.3) is 0 Å². The molecule has 2 aromatic rings. The third-order valence-electron chi connectivity index (χ3n) is 3.62. The second-order valence-corrected chi connectivity index (χ2v) is 6.96. The first-order chi connectivity index (χ1) is 12.1. The zero-order valence-electron chi connectivity index (χ0n) is 12.9. The normalized spacial score (nSPS) is 27.5. The van der Waals surface area contributed by atoms with Gasteiger partial charge in [-0.1, -0.05) is 12.7 Å². The Hall–Kier alpha value is -1.49. The van der Waals surface area contributed by atoms with Crippen LogP contribution in [0.1, 0.15) is 6.23 Å². The van der Waals surface area contributed by atoms with E-state index in [0.29, 0.717) is 11.2 Å². The van der Waals surface area contributed by atoms with Crippen molar-refractivity contribution in [1.29, 1.82) is 0 Å². The monoisotopic (exact) mass is 390 g/mol. The van der Waals surface area contributed by atoms with E-state index in [2.05, 4.69) is 33.3 Å². The number of alkyl halides is 1. The molecule has 3 heterocycles. The van der Waals surface area contributed by atoms with Crippen LogP contribution in [0.15, 0.2) is 25.3 Å². The van der Waals surface area contributed by atoms with Gasteiger partial charge >= 0.3 is 0 Å². The third-order valence-corrected chi connectivity index (χ3v) is 4.38. The van der Waals surface area contributed by atoms with Crippen LogP contribution >= 0.6 is 7.15 Å². The first kappa shape index (κ1) is 18.3. The molecule has 0 saturated carbocycles. The molecule has 1 aliphatic rings. The van der Waals surface area contributed by atoms with Gasteiger partial charge in [-0.3, -0.25) is 4.57 Å². The minimum absolute atomic E-state index is 0.229. The molecule has 3 rings (SSSR count). The summed E-state index contributed by atoms with van der Waals surface area (Å²) < 4.78 is 32.1. The van der Waals surface area contributed by atoms with Crippen LogP contribution in [0.3, 0.4) is 0 Å². The average Bonchev–Trinajstić information content (AvgIpc) is 3.15. The van der Waals surface area contributed by atoms with E-state index < -0.39 is 38.4 Å². The number of aliphatic hydroxyl groups is 1. The molecule has 0 aliphatic carbocycles. The van der Waals surface area contributed by atoms with Gasteiger partial charge in [0, 0.05) is 0 Å². The highest BCUT2D eigenvalue weighted by molar-refractivity contribution is 8.00. The quantitative estimate of drug-likeness (QED) is 0.516. The molecule has 1 unspecified atom stereocenters. The van der Waals surface area contributed by atoms with Gasteiger partial charge < -0.3 is 24.0 Å². The molecule has 1 saturated heterocycles. The highest BCUT2D eigenvalue weighted by Crippen LogP contribution is 2.39. The Morgan fingerprint density at radius 2 is 2.28 bits per heavy atom. The Bertz CT molecular complexity index is 793. The minimum atomic E-state index is -2.57. The first-order valence-corrected chi connectivity index (χ1v) is 9.76. The molecule has 2 N–H and O–H groups in total. The topological polar surface area (TPSA) is 112 Å². The molecule has 9 nitrogen and oxygen atoms in total. The molecule has 5 atom stereocenters. The van der Waals surface area contributed by atoms with E-state index >= 15 is 0 Å². The lowest BCUT2D eigenvalue weighted by atomic mass is 10.1. The summed E-state index contributed by atoms with van der Waals surface area (Å²) in [6, 6.07) is 0. The molecule has 1 fully saturated rings. The van der Waals surface area contributed by atoms with Crippen LogP contribution in [-0.4, -0.2) is 61.1 Å². The van der Waals surface area contributed by atoms with Crippen molar-refractivity contribution in [3.8, 4) is 5.88 Å². The zero-order chi connectivity index (χ0) is 18.0. The van der Waals surface area contributed by atoms with E-state index in [9.17, 15) is 14.4 Å². The highest BCUT2D eigenvalue weighted by atomic mass is 32.4. The Morgan fingerprint density at radius 1 is 1.48 bits per heavy atom. The van der Waals surface area contributed by atoms with E-state index in [0.717, 1.165) is 0 Å². The summed E-state index contributed by atoms with van der Waals surface area (Å²) >= 11 is 4.61. The molecular formula is C13H16FN4O5PS. The molecule has 0 aromatic carbocycles. The number of halogens is 1. The number of fused-ring (bicyclic) bond motifs is 1. The van der Waals surface area contributed by atoms with Crippen molar-refractivity contribution in [3.05, 3.63) is 25.3 Å². The summed E-state index contributed by atoms with van der Waals surface area (Å²) in [6.07, 6.45) is -0.821. The van der Waals surface area contributed by atoms with Gasteiger partial charge in [-0.15, -0.1) is 0 Å². The van der Waals surface area contributed by atoms with Gasteiger partial charge in [-0.25, -0.2) is 14.4 Å². The van der Waals surface area contributed by atoms with Gasteiger partial charge in [0.1, 0.15) is 25.1 Å². The fourth-order valence-electron chi connectivity index (χ4n) is 2.58. The van der Waals surface area contributed by atoms with Crippen LogP contribution in [0.4, 0.5) is 4.39 Å². The lowest BCUT2D eigenvalue weighted by Crippen LogP contribution is -2.32. The van der Waals surface area contributed by atoms with Crippen LogP contribution in [-0.2, 0) is 21.1 Å². The summed E-state index contributed by atoms with van der Waals surface area (Å²) in [5.74, 6) is 0.231. The number of nitrogens with zero attached hydrogens (tertiary/aromatic N) is 4. The van der Waals surface area contributed by atoms with Crippen molar-refractivity contribution < 1.29 is 28.4 Å². The Kier molecular flexibility index (Phi) is 5.72. The lowest BCUT2D eigenvalue weighted by Gasteiger charge is -2.17. The fourth-order valence-corrected chi connectivity index (χ4v) is 3.43. The van der Waals surface area contributed by atoms with E-state index in [1.807, 2.05) is 0 Å². The molecule has 0 radical (unpaired) electrons. The molecular weight excluding hydrogens is 374 g/mol. The molecule has 1 aliphatic heterocycles. The molecule has 0 spiro atoms. The van der Waals surface area contributed by atoms with Crippen molar-refractivity contribution in [3.63, 3.8) is 0 Å². The number of ether oxygens (including phenoxy) is 2. The van der Waals surface area contributed by atoms with Gasteiger partial charge in [0.15, 0.2) is 30.7 Å². The largest absolute Gasteiger partial charge is 0.472 e. The van der Waals surface area contributed by atoms with E-state index in [-0.39, 0.29) is 12.5 Å². The SMILES string of the molecule is C=CCOc1ncnc2c1ncn2[C@@H]1O[C@H](CO)[C@@H](O[PH](O)=S)[C@H]1F. The summed E-state index contributed by atoms with van der Waals surface area (Å²) in [4.78, 5) is 21.5. The van der Waals surface area contributed by atoms with E-state index in [1.165, 1.54) is 17.2 Å². The average molecular weight is 390 g/mol. The van der Waals surface area contributed by atoms with Crippen LogP contribution < -0.4 is 4.74 Å². The Balaban J connectivity index is 1.94. The molecule has 0 amide bonds. The van der Waals surface area contributed by atoms with Crippen molar-refractivity contribution in [1.82, 2.24) is 19.5 Å². The molecule has 12 heteroatoms. The molecule has 25 heavy (non-hydrogen) atoms. The number of aliphatic hydroxyl groups excluding tert-OH is 1. The highest BCUT2D eigenvalue weighted by Gasteiger charge is 2.47.